The molecule has 4 heteroatoms. The topological polar surface area (TPSA) is 61.4 Å². The Balaban J connectivity index is 0.00000118. The summed E-state index contributed by atoms with van der Waals surface area (Å²) in [7, 11) is 0. The number of carboxylic acids is 1. The van der Waals surface area contributed by atoms with Crippen molar-refractivity contribution < 1.29 is 9.90 Å². The van der Waals surface area contributed by atoms with E-state index >= 15 is 0 Å². The van der Waals surface area contributed by atoms with E-state index in [2.05, 4.69) is 60.1 Å². The lowest BCUT2D eigenvalue weighted by atomic mass is 10.1. The van der Waals surface area contributed by atoms with E-state index in [-0.39, 0.29) is 6.42 Å². The first kappa shape index (κ1) is 28.1. The Morgan fingerprint density at radius 1 is 0.700 bits per heavy atom. The van der Waals surface area contributed by atoms with E-state index in [1.54, 1.807) is 0 Å². The highest BCUT2D eigenvalue weighted by Crippen LogP contribution is 2.03. The van der Waals surface area contributed by atoms with Crippen molar-refractivity contribution in [3.8, 4) is 0 Å². The number of unbranched alkanes of at least 4 members (excludes halogenated alkanes) is 4. The van der Waals surface area contributed by atoms with E-state index < -0.39 is 5.97 Å². The van der Waals surface area contributed by atoms with Gasteiger partial charge in [-0.3, -0.25) is 4.79 Å². The van der Waals surface area contributed by atoms with Gasteiger partial charge >= 0.3 is 5.97 Å². The third-order valence-corrected chi connectivity index (χ3v) is 4.36. The molecule has 0 aromatic rings. The fourth-order valence-corrected chi connectivity index (χ4v) is 2.67. The Morgan fingerprint density at radius 2 is 1.20 bits per heavy atom. The average molecular weight is 417 g/mol. The minimum Gasteiger partial charge on any atom is -0.481 e. The molecular weight excluding hydrogens is 372 g/mol. The molecular formula is C26H44N2O2. The van der Waals surface area contributed by atoms with Crippen LogP contribution in [-0.2, 0) is 4.79 Å². The highest BCUT2D eigenvalue weighted by molar-refractivity contribution is 5.66. The van der Waals surface area contributed by atoms with Crippen molar-refractivity contribution in [2.24, 2.45) is 0 Å². The summed E-state index contributed by atoms with van der Waals surface area (Å²) in [6.45, 7) is 6.73. The van der Waals surface area contributed by atoms with Crippen LogP contribution in [0.15, 0.2) is 60.8 Å². The van der Waals surface area contributed by atoms with Crippen molar-refractivity contribution in [3.05, 3.63) is 60.8 Å². The van der Waals surface area contributed by atoms with Crippen molar-refractivity contribution in [2.75, 3.05) is 26.2 Å². The first-order valence-corrected chi connectivity index (χ1v) is 11.7. The molecule has 0 saturated carbocycles. The zero-order valence-corrected chi connectivity index (χ0v) is 19.0. The summed E-state index contributed by atoms with van der Waals surface area (Å²) in [5, 5.41) is 14.9. The Labute approximate surface area is 184 Å². The Bertz CT molecular complexity index is 504. The van der Waals surface area contributed by atoms with Crippen molar-refractivity contribution in [1.82, 2.24) is 10.6 Å². The number of piperazine rings is 1. The lowest BCUT2D eigenvalue weighted by Gasteiger charge is -2.11. The minimum atomic E-state index is -0.744. The van der Waals surface area contributed by atoms with Gasteiger partial charge in [0.25, 0.3) is 0 Å². The smallest absolute Gasteiger partial charge is 0.303 e. The number of allylic oxidation sites excluding steroid dienone is 10. The highest BCUT2D eigenvalue weighted by atomic mass is 16.4. The van der Waals surface area contributed by atoms with E-state index in [4.69, 9.17) is 5.11 Å². The van der Waals surface area contributed by atoms with Crippen molar-refractivity contribution in [1.29, 1.82) is 0 Å². The van der Waals surface area contributed by atoms with Crippen LogP contribution in [-0.4, -0.2) is 37.3 Å². The van der Waals surface area contributed by atoms with Gasteiger partial charge in [0.2, 0.25) is 0 Å². The summed E-state index contributed by atoms with van der Waals surface area (Å²) in [4.78, 5) is 10.3. The fourth-order valence-electron chi connectivity index (χ4n) is 2.67. The molecule has 0 aromatic carbocycles. The normalized spacial score (nSPS) is 15.0. The molecule has 1 aliphatic rings. The maximum atomic E-state index is 10.3. The number of carboxylic acid groups (broad SMARTS) is 1. The quantitative estimate of drug-likeness (QED) is 0.175. The van der Waals surface area contributed by atoms with E-state index in [1.807, 2.05) is 18.2 Å². The number of rotatable bonds is 15. The molecule has 1 heterocycles. The molecule has 0 aromatic heterocycles. The Hall–Kier alpha value is -1.91. The molecule has 0 atom stereocenters. The summed E-state index contributed by atoms with van der Waals surface area (Å²) in [5.41, 5.74) is 0. The minimum absolute atomic E-state index is 0.205. The molecule has 4 nitrogen and oxygen atoms in total. The molecule has 170 valence electrons. The third kappa shape index (κ3) is 26.1. The van der Waals surface area contributed by atoms with Gasteiger partial charge in [-0.05, 0) is 57.8 Å². The second kappa shape index (κ2) is 25.1. The van der Waals surface area contributed by atoms with Crippen LogP contribution in [0.2, 0.25) is 0 Å². The molecule has 30 heavy (non-hydrogen) atoms. The fraction of sp³-hybridized carbons (Fsp3) is 0.577. The number of hydrogen-bond donors (Lipinski definition) is 3. The second-order valence-electron chi connectivity index (χ2n) is 7.21. The third-order valence-electron chi connectivity index (χ3n) is 4.36. The maximum Gasteiger partial charge on any atom is 0.303 e. The van der Waals surface area contributed by atoms with Gasteiger partial charge in [0.1, 0.15) is 0 Å². The summed E-state index contributed by atoms with van der Waals surface area (Å²) >= 11 is 0. The van der Waals surface area contributed by atoms with Crippen LogP contribution in [0.1, 0.15) is 71.1 Å². The zero-order chi connectivity index (χ0) is 22.0. The van der Waals surface area contributed by atoms with Crippen LogP contribution < -0.4 is 10.6 Å². The molecule has 0 aliphatic carbocycles. The highest BCUT2D eigenvalue weighted by Gasteiger charge is 1.92. The van der Waals surface area contributed by atoms with E-state index in [0.717, 1.165) is 51.9 Å². The Kier molecular flexibility index (Phi) is 23.5. The number of aliphatic carboxylic acids is 1. The first-order valence-electron chi connectivity index (χ1n) is 11.7. The van der Waals surface area contributed by atoms with Crippen molar-refractivity contribution in [2.45, 2.75) is 71.1 Å². The molecule has 1 saturated heterocycles. The predicted molar refractivity (Wildman–Crippen MR) is 131 cm³/mol. The zero-order valence-electron chi connectivity index (χ0n) is 19.0. The van der Waals surface area contributed by atoms with Crippen molar-refractivity contribution in [3.63, 3.8) is 0 Å². The molecule has 0 spiro atoms. The van der Waals surface area contributed by atoms with Gasteiger partial charge in [-0.15, -0.1) is 0 Å². The van der Waals surface area contributed by atoms with Gasteiger partial charge in [-0.2, -0.15) is 0 Å². The van der Waals surface area contributed by atoms with Crippen LogP contribution in [0.3, 0.4) is 0 Å². The largest absolute Gasteiger partial charge is 0.481 e. The summed E-state index contributed by atoms with van der Waals surface area (Å²) in [6.07, 6.45) is 31.4. The second-order valence-corrected chi connectivity index (χ2v) is 7.21. The van der Waals surface area contributed by atoms with E-state index in [1.165, 1.54) is 25.7 Å². The van der Waals surface area contributed by atoms with E-state index in [0.29, 0.717) is 6.42 Å². The molecule has 1 fully saturated rings. The molecule has 1 aliphatic heterocycles. The molecule has 0 amide bonds. The van der Waals surface area contributed by atoms with Crippen molar-refractivity contribution >= 4 is 5.97 Å². The van der Waals surface area contributed by atoms with Gasteiger partial charge in [-0.1, -0.05) is 67.7 Å². The van der Waals surface area contributed by atoms with Gasteiger partial charge < -0.3 is 15.7 Å². The van der Waals surface area contributed by atoms with E-state index in [9.17, 15) is 4.79 Å². The van der Waals surface area contributed by atoms with Gasteiger partial charge in [0.05, 0.1) is 0 Å². The molecule has 0 radical (unpaired) electrons. The first-order chi connectivity index (χ1) is 14.8. The van der Waals surface area contributed by atoms with Gasteiger partial charge in [-0.25, -0.2) is 0 Å². The standard InChI is InChI=1S/C22H34O2.C4H10N2/c1-2-3-4-5-6-7-8-9-10-11-12-13-14-15-16-17-18-19-20-21-22(23)24;1-2-6-4-3-5-1/h3-4,9-10,12-13,16-19H,2,5-8,11,14-15,20-21H2,1H3,(H,23,24);5-6H,1-4H2/b4-3-,10-9-,13-12-,17-16+,19-18-;. The average Bonchev–Trinajstić information content (AvgIpc) is 2.77. The lowest BCUT2D eigenvalue weighted by molar-refractivity contribution is -0.136. The Morgan fingerprint density at radius 3 is 1.73 bits per heavy atom. The maximum absolute atomic E-state index is 10.3. The van der Waals surface area contributed by atoms with Gasteiger partial charge in [0, 0.05) is 32.6 Å². The van der Waals surface area contributed by atoms with Crippen LogP contribution in [0.4, 0.5) is 0 Å². The lowest BCUT2D eigenvalue weighted by Crippen LogP contribution is -2.39. The number of carbonyl (C=O) groups is 1. The van der Waals surface area contributed by atoms with Crippen LogP contribution >= 0.6 is 0 Å². The summed E-state index contributed by atoms with van der Waals surface area (Å²) < 4.78 is 0. The summed E-state index contributed by atoms with van der Waals surface area (Å²) in [5.74, 6) is -0.744. The molecule has 1 rings (SSSR count). The van der Waals surface area contributed by atoms with Crippen LogP contribution in [0.25, 0.3) is 0 Å². The number of hydrogen-bond acceptors (Lipinski definition) is 3. The monoisotopic (exact) mass is 416 g/mol. The van der Waals surface area contributed by atoms with Crippen LogP contribution in [0, 0.1) is 0 Å². The molecule has 3 N–H and O–H groups in total. The molecule has 0 unspecified atom stereocenters. The SMILES string of the molecule is C1CNCCN1.CC/C=C\CCCC/C=C\C/C=C\CC/C=C/C=C\CCC(=O)O. The number of nitrogens with one attached hydrogen (secondary N) is 2. The summed E-state index contributed by atoms with van der Waals surface area (Å²) in [6, 6.07) is 0. The molecule has 0 bridgehead atoms. The predicted octanol–water partition coefficient (Wildman–Crippen LogP) is 5.95. The van der Waals surface area contributed by atoms with Crippen LogP contribution in [0.5, 0.6) is 0 Å². The van der Waals surface area contributed by atoms with Gasteiger partial charge in [0.15, 0.2) is 0 Å².